The molecule has 1 N–H and O–H groups in total. The van der Waals surface area contributed by atoms with Crippen molar-refractivity contribution in [2.24, 2.45) is 0 Å². The Bertz CT molecular complexity index is 1560. The highest BCUT2D eigenvalue weighted by Gasteiger charge is 2.41. The summed E-state index contributed by atoms with van der Waals surface area (Å²) in [5.74, 6) is 0.747. The van der Waals surface area contributed by atoms with Crippen LogP contribution in [0.1, 0.15) is 66.1 Å². The molecule has 2 atom stereocenters. The van der Waals surface area contributed by atoms with Crippen molar-refractivity contribution in [1.82, 2.24) is 0 Å². The number of hydrogen-bond donors (Lipinski definition) is 1. The van der Waals surface area contributed by atoms with E-state index in [0.29, 0.717) is 30.6 Å². The number of fused-ring (bicyclic) bond motifs is 1. The van der Waals surface area contributed by atoms with Gasteiger partial charge in [-0.2, -0.15) is 0 Å². The number of nitrogens with zero attached hydrogens (tertiary/aromatic N) is 1. The summed E-state index contributed by atoms with van der Waals surface area (Å²) in [5.41, 5.74) is 5.67. The fourth-order valence-corrected chi connectivity index (χ4v) is 5.89. The third-order valence-corrected chi connectivity index (χ3v) is 7.96. The Morgan fingerprint density at radius 1 is 0.829 bits per heavy atom. The second kappa shape index (κ2) is 11.8. The Morgan fingerprint density at radius 3 is 2.24 bits per heavy atom. The average Bonchev–Trinajstić information content (AvgIpc) is 3.17. The first kappa shape index (κ1) is 26.6. The first-order valence-corrected chi connectivity index (χ1v) is 14.4. The standard InChI is InChI=1S/C36H34N2O3/c1-2-3-22-41-29-20-18-26(19-21-29)35-34-31(23-28(24-33(34)39)25-12-6-4-7-13-25)37-30-16-10-11-17-32(30)38(35)36(40)27-14-8-5-9-15-27/h4-21,28,35,37H,2-3,22-24H2,1H3/t28-,35+/m1/s1. The second-order valence-corrected chi connectivity index (χ2v) is 10.7. The average molecular weight is 543 g/mol. The van der Waals surface area contributed by atoms with Crippen LogP contribution in [0.3, 0.4) is 0 Å². The minimum atomic E-state index is -0.595. The molecule has 0 aromatic heterocycles. The van der Waals surface area contributed by atoms with Gasteiger partial charge < -0.3 is 10.1 Å². The van der Waals surface area contributed by atoms with E-state index in [1.807, 2.05) is 97.1 Å². The van der Waals surface area contributed by atoms with E-state index < -0.39 is 6.04 Å². The summed E-state index contributed by atoms with van der Waals surface area (Å²) < 4.78 is 5.93. The van der Waals surface area contributed by atoms with Gasteiger partial charge in [0, 0.05) is 23.3 Å². The molecule has 0 saturated carbocycles. The number of ether oxygens (including phenoxy) is 1. The van der Waals surface area contributed by atoms with Gasteiger partial charge in [-0.15, -0.1) is 0 Å². The second-order valence-electron chi connectivity index (χ2n) is 10.7. The lowest BCUT2D eigenvalue weighted by molar-refractivity contribution is -0.116. The molecule has 0 saturated heterocycles. The smallest absolute Gasteiger partial charge is 0.259 e. The number of ketones is 1. The number of allylic oxidation sites excluding steroid dienone is 1. The largest absolute Gasteiger partial charge is 0.494 e. The van der Waals surface area contributed by atoms with E-state index in [0.717, 1.165) is 46.8 Å². The molecule has 1 aliphatic heterocycles. The fraction of sp³-hybridized carbons (Fsp3) is 0.222. The number of carbonyl (C=O) groups excluding carboxylic acids is 2. The van der Waals surface area contributed by atoms with Crippen LogP contribution >= 0.6 is 0 Å². The Morgan fingerprint density at radius 2 is 1.51 bits per heavy atom. The van der Waals surface area contributed by atoms with Crippen molar-refractivity contribution in [2.75, 3.05) is 16.8 Å². The van der Waals surface area contributed by atoms with E-state index in [-0.39, 0.29) is 17.6 Å². The molecule has 0 radical (unpaired) electrons. The maximum absolute atomic E-state index is 14.3. The fourth-order valence-electron chi connectivity index (χ4n) is 5.89. The zero-order valence-corrected chi connectivity index (χ0v) is 23.3. The van der Waals surface area contributed by atoms with Gasteiger partial charge in [-0.1, -0.05) is 86.1 Å². The van der Waals surface area contributed by atoms with E-state index in [4.69, 9.17) is 4.74 Å². The molecule has 0 unspecified atom stereocenters. The van der Waals surface area contributed by atoms with Crippen molar-refractivity contribution in [3.8, 4) is 5.75 Å². The predicted octanol–water partition coefficient (Wildman–Crippen LogP) is 8.08. The highest BCUT2D eigenvalue weighted by molar-refractivity contribution is 6.12. The van der Waals surface area contributed by atoms with Crippen molar-refractivity contribution in [3.05, 3.63) is 137 Å². The molecule has 1 aliphatic carbocycles. The van der Waals surface area contributed by atoms with Crippen LogP contribution < -0.4 is 15.0 Å². The monoisotopic (exact) mass is 542 g/mol. The van der Waals surface area contributed by atoms with Crippen molar-refractivity contribution in [2.45, 2.75) is 44.6 Å². The number of unbranched alkanes of at least 4 members (excludes halogenated alkanes) is 1. The molecule has 4 aromatic rings. The Kier molecular flexibility index (Phi) is 7.68. The molecule has 0 fully saturated rings. The summed E-state index contributed by atoms with van der Waals surface area (Å²) in [4.78, 5) is 30.3. The molecule has 4 aromatic carbocycles. The number of hydrogen-bond acceptors (Lipinski definition) is 4. The van der Waals surface area contributed by atoms with Crippen LogP contribution in [0.25, 0.3) is 0 Å². The molecule has 206 valence electrons. The number of Topliss-reactive ketones (excluding diaryl/α,β-unsaturated/α-hetero) is 1. The number of amides is 1. The summed E-state index contributed by atoms with van der Waals surface area (Å²) in [7, 11) is 0. The summed E-state index contributed by atoms with van der Waals surface area (Å²) in [6.07, 6.45) is 3.12. The van der Waals surface area contributed by atoms with Crippen molar-refractivity contribution in [3.63, 3.8) is 0 Å². The molecule has 5 nitrogen and oxygen atoms in total. The summed E-state index contributed by atoms with van der Waals surface area (Å²) in [6, 6.07) is 34.6. The molecular weight excluding hydrogens is 508 g/mol. The summed E-state index contributed by atoms with van der Waals surface area (Å²) in [5, 5.41) is 3.61. The van der Waals surface area contributed by atoms with E-state index >= 15 is 0 Å². The Hall–Kier alpha value is -4.64. The topological polar surface area (TPSA) is 58.6 Å². The Labute approximate surface area is 241 Å². The quantitative estimate of drug-likeness (QED) is 0.240. The molecule has 2 aliphatic rings. The van der Waals surface area contributed by atoms with E-state index in [9.17, 15) is 9.59 Å². The van der Waals surface area contributed by atoms with Crippen LogP contribution in [-0.4, -0.2) is 18.3 Å². The lowest BCUT2D eigenvalue weighted by Gasteiger charge is -2.35. The van der Waals surface area contributed by atoms with Gasteiger partial charge in [0.05, 0.1) is 24.0 Å². The Balaban J connectivity index is 1.50. The molecule has 6 rings (SSSR count). The third-order valence-electron chi connectivity index (χ3n) is 7.96. The van der Waals surface area contributed by atoms with Crippen LogP contribution in [0.2, 0.25) is 0 Å². The van der Waals surface area contributed by atoms with Gasteiger partial charge in [0.1, 0.15) is 5.75 Å². The molecule has 1 amide bonds. The van der Waals surface area contributed by atoms with Crippen molar-refractivity contribution in [1.29, 1.82) is 0 Å². The minimum absolute atomic E-state index is 0.0551. The lowest BCUT2D eigenvalue weighted by atomic mass is 9.78. The number of rotatable bonds is 7. The first-order chi connectivity index (χ1) is 20.1. The lowest BCUT2D eigenvalue weighted by Crippen LogP contribution is -2.38. The SMILES string of the molecule is CCCCOc1ccc([C@H]2C3=C(C[C@@H](c4ccccc4)CC3=O)Nc3ccccc3N2C(=O)c2ccccc2)cc1. The maximum atomic E-state index is 14.3. The van der Waals surface area contributed by atoms with Crippen LogP contribution in [0.4, 0.5) is 11.4 Å². The number of para-hydroxylation sites is 2. The zero-order chi connectivity index (χ0) is 28.2. The number of benzene rings is 4. The molecule has 0 spiro atoms. The third kappa shape index (κ3) is 5.40. The van der Waals surface area contributed by atoms with E-state index in [1.165, 1.54) is 0 Å². The van der Waals surface area contributed by atoms with Crippen LogP contribution in [0.5, 0.6) is 5.75 Å². The number of anilines is 2. The van der Waals surface area contributed by atoms with Gasteiger partial charge in [-0.3, -0.25) is 14.5 Å². The first-order valence-electron chi connectivity index (χ1n) is 14.4. The van der Waals surface area contributed by atoms with Gasteiger partial charge >= 0.3 is 0 Å². The normalized spacial score (nSPS) is 18.2. The van der Waals surface area contributed by atoms with Gasteiger partial charge in [-0.05, 0) is 66.3 Å². The molecule has 41 heavy (non-hydrogen) atoms. The molecular formula is C36H34N2O3. The van der Waals surface area contributed by atoms with Gasteiger partial charge in [0.2, 0.25) is 0 Å². The van der Waals surface area contributed by atoms with Gasteiger partial charge in [0.15, 0.2) is 5.78 Å². The molecule has 0 bridgehead atoms. The maximum Gasteiger partial charge on any atom is 0.259 e. The molecule has 1 heterocycles. The minimum Gasteiger partial charge on any atom is -0.494 e. The highest BCUT2D eigenvalue weighted by atomic mass is 16.5. The van der Waals surface area contributed by atoms with Crippen LogP contribution in [-0.2, 0) is 4.79 Å². The van der Waals surface area contributed by atoms with E-state index in [1.54, 1.807) is 4.90 Å². The highest BCUT2D eigenvalue weighted by Crippen LogP contribution is 2.48. The van der Waals surface area contributed by atoms with E-state index in [2.05, 4.69) is 24.4 Å². The number of carbonyl (C=O) groups is 2. The van der Waals surface area contributed by atoms with Crippen LogP contribution in [0, 0.1) is 0 Å². The summed E-state index contributed by atoms with van der Waals surface area (Å²) >= 11 is 0. The number of nitrogens with one attached hydrogen (secondary N) is 1. The summed E-state index contributed by atoms with van der Waals surface area (Å²) in [6.45, 7) is 2.79. The van der Waals surface area contributed by atoms with Crippen molar-refractivity contribution >= 4 is 23.1 Å². The van der Waals surface area contributed by atoms with Crippen LogP contribution in [0.15, 0.2) is 120 Å². The van der Waals surface area contributed by atoms with Crippen molar-refractivity contribution < 1.29 is 14.3 Å². The molecule has 5 heteroatoms. The predicted molar refractivity (Wildman–Crippen MR) is 163 cm³/mol. The van der Waals surface area contributed by atoms with Gasteiger partial charge in [-0.25, -0.2) is 0 Å². The van der Waals surface area contributed by atoms with Gasteiger partial charge in [0.25, 0.3) is 5.91 Å². The zero-order valence-electron chi connectivity index (χ0n) is 23.3.